The van der Waals surface area contributed by atoms with Crippen molar-refractivity contribution >= 4 is 15.7 Å². The smallest absolute Gasteiger partial charge is 0.316 e. The molecular formula is C26H27F3N4O4S. The van der Waals surface area contributed by atoms with Crippen LogP contribution in [0.25, 0.3) is 5.69 Å². The first-order valence-electron chi connectivity index (χ1n) is 12.3. The summed E-state index contributed by atoms with van der Waals surface area (Å²) in [5, 5.41) is 3.59. The third-order valence-electron chi connectivity index (χ3n) is 6.96. The second kappa shape index (κ2) is 10.1. The molecule has 8 nitrogen and oxygen atoms in total. The van der Waals surface area contributed by atoms with Gasteiger partial charge < -0.3 is 9.64 Å². The van der Waals surface area contributed by atoms with Crippen molar-refractivity contribution in [3.63, 3.8) is 0 Å². The number of aromatic nitrogens is 2. The third-order valence-corrected chi connectivity index (χ3v) is 9.24. The first-order chi connectivity index (χ1) is 18.1. The van der Waals surface area contributed by atoms with Gasteiger partial charge in [0.2, 0.25) is 15.8 Å². The number of hydrogen-bond donors (Lipinski definition) is 0. The molecule has 2 aliphatic rings. The number of rotatable bonds is 6. The van der Waals surface area contributed by atoms with Crippen LogP contribution in [0.5, 0.6) is 5.75 Å². The van der Waals surface area contributed by atoms with Gasteiger partial charge >= 0.3 is 5.56 Å². The van der Waals surface area contributed by atoms with Crippen LogP contribution in [-0.2, 0) is 16.4 Å². The molecule has 1 atom stereocenters. The lowest BCUT2D eigenvalue weighted by Gasteiger charge is -2.36. The fourth-order valence-corrected chi connectivity index (χ4v) is 6.20. The summed E-state index contributed by atoms with van der Waals surface area (Å²) in [4.78, 5) is 15.5. The second-order valence-corrected chi connectivity index (χ2v) is 12.1. The average molecular weight is 549 g/mol. The van der Waals surface area contributed by atoms with Crippen LogP contribution in [-0.4, -0.2) is 53.9 Å². The fraction of sp³-hybridized carbons (Fsp3) is 0.385. The summed E-state index contributed by atoms with van der Waals surface area (Å²) < 4.78 is 75.9. The summed E-state index contributed by atoms with van der Waals surface area (Å²) >= 11 is 0. The molecule has 1 aliphatic carbocycles. The second-order valence-electron chi connectivity index (χ2n) is 9.64. The molecule has 1 fully saturated rings. The van der Waals surface area contributed by atoms with Crippen molar-refractivity contribution in [2.45, 2.75) is 38.0 Å². The number of anilines is 1. The highest BCUT2D eigenvalue weighted by molar-refractivity contribution is 7.89. The van der Waals surface area contributed by atoms with Crippen molar-refractivity contribution < 1.29 is 26.3 Å². The van der Waals surface area contributed by atoms with E-state index >= 15 is 0 Å². The monoisotopic (exact) mass is 548 g/mol. The van der Waals surface area contributed by atoms with Crippen LogP contribution in [0.3, 0.4) is 0 Å². The SMILES string of the molecule is CC(C)S(=O)(=O)N1CCN(c2cnn(-c3cc(F)cc(F)c3)c(=O)c2OC2CCc3c(F)cccc32)CC1. The normalized spacial score (nSPS) is 18.2. The molecule has 5 rings (SSSR count). The molecule has 1 aliphatic heterocycles. The van der Waals surface area contributed by atoms with Gasteiger partial charge in [-0.3, -0.25) is 4.79 Å². The van der Waals surface area contributed by atoms with Crippen LogP contribution in [0.1, 0.15) is 37.5 Å². The lowest BCUT2D eigenvalue weighted by Crippen LogP contribution is -2.50. The van der Waals surface area contributed by atoms with Gasteiger partial charge in [0.25, 0.3) is 0 Å². The molecule has 0 saturated carbocycles. The molecule has 1 saturated heterocycles. The molecule has 0 bridgehead atoms. The van der Waals surface area contributed by atoms with E-state index in [0.717, 1.165) is 16.8 Å². The Balaban J connectivity index is 1.53. The molecule has 1 unspecified atom stereocenters. The summed E-state index contributed by atoms with van der Waals surface area (Å²) in [5.41, 5.74) is 0.621. The number of benzene rings is 2. The minimum absolute atomic E-state index is 0.105. The molecule has 1 aromatic heterocycles. The van der Waals surface area contributed by atoms with Crippen molar-refractivity contribution in [1.29, 1.82) is 0 Å². The summed E-state index contributed by atoms with van der Waals surface area (Å²) in [5.74, 6) is -2.20. The van der Waals surface area contributed by atoms with Gasteiger partial charge in [0.05, 0.1) is 17.1 Å². The summed E-state index contributed by atoms with van der Waals surface area (Å²) in [7, 11) is -3.44. The van der Waals surface area contributed by atoms with E-state index < -0.39 is 38.6 Å². The Hall–Kier alpha value is -3.38. The van der Waals surface area contributed by atoms with Crippen LogP contribution in [0.15, 0.2) is 47.4 Å². The summed E-state index contributed by atoms with van der Waals surface area (Å²) in [6.45, 7) is 4.20. The van der Waals surface area contributed by atoms with Gasteiger partial charge in [0.1, 0.15) is 29.2 Å². The van der Waals surface area contributed by atoms with Crippen LogP contribution < -0.4 is 15.2 Å². The van der Waals surface area contributed by atoms with Crippen molar-refractivity contribution in [2.24, 2.45) is 0 Å². The van der Waals surface area contributed by atoms with Gasteiger partial charge in [-0.2, -0.15) is 14.1 Å². The van der Waals surface area contributed by atoms with Gasteiger partial charge in [-0.15, -0.1) is 0 Å². The van der Waals surface area contributed by atoms with Gasteiger partial charge in [0.15, 0.2) is 0 Å². The number of ether oxygens (including phenoxy) is 1. The van der Waals surface area contributed by atoms with E-state index in [0.29, 0.717) is 35.7 Å². The fourth-order valence-electron chi connectivity index (χ4n) is 4.93. The number of hydrogen-bond acceptors (Lipinski definition) is 6. The molecular weight excluding hydrogens is 521 g/mol. The number of halogens is 3. The zero-order chi connectivity index (χ0) is 27.2. The van der Waals surface area contributed by atoms with Crippen LogP contribution in [0.4, 0.5) is 18.9 Å². The largest absolute Gasteiger partial charge is 0.478 e. The van der Waals surface area contributed by atoms with Crippen molar-refractivity contribution in [2.75, 3.05) is 31.1 Å². The molecule has 202 valence electrons. The topological polar surface area (TPSA) is 84.7 Å². The Morgan fingerprint density at radius 1 is 1.03 bits per heavy atom. The molecule has 12 heteroatoms. The summed E-state index contributed by atoms with van der Waals surface area (Å²) in [6, 6.07) is 7.34. The summed E-state index contributed by atoms with van der Waals surface area (Å²) in [6.07, 6.45) is 1.62. The van der Waals surface area contributed by atoms with E-state index in [1.54, 1.807) is 30.9 Å². The van der Waals surface area contributed by atoms with Crippen LogP contribution >= 0.6 is 0 Å². The van der Waals surface area contributed by atoms with Crippen LogP contribution in [0.2, 0.25) is 0 Å². The highest BCUT2D eigenvalue weighted by Gasteiger charge is 2.33. The number of nitrogens with zero attached hydrogens (tertiary/aromatic N) is 4. The highest BCUT2D eigenvalue weighted by Crippen LogP contribution is 2.38. The van der Waals surface area contributed by atoms with E-state index in [9.17, 15) is 26.4 Å². The molecule has 0 spiro atoms. The molecule has 0 N–H and O–H groups in total. The lowest BCUT2D eigenvalue weighted by molar-refractivity contribution is 0.203. The molecule has 0 amide bonds. The Labute approximate surface area is 218 Å². The highest BCUT2D eigenvalue weighted by atomic mass is 32.2. The van der Waals surface area contributed by atoms with E-state index in [1.807, 2.05) is 0 Å². The zero-order valence-corrected chi connectivity index (χ0v) is 21.7. The number of fused-ring (bicyclic) bond motifs is 1. The Morgan fingerprint density at radius 3 is 2.37 bits per heavy atom. The van der Waals surface area contributed by atoms with E-state index in [-0.39, 0.29) is 43.4 Å². The molecule has 38 heavy (non-hydrogen) atoms. The maximum Gasteiger partial charge on any atom is 0.316 e. The molecule has 3 aromatic rings. The van der Waals surface area contributed by atoms with E-state index in [4.69, 9.17) is 4.74 Å². The minimum atomic E-state index is -3.44. The predicted molar refractivity (Wildman–Crippen MR) is 136 cm³/mol. The van der Waals surface area contributed by atoms with Crippen LogP contribution in [0, 0.1) is 17.5 Å². The van der Waals surface area contributed by atoms with Crippen molar-refractivity contribution in [3.8, 4) is 11.4 Å². The van der Waals surface area contributed by atoms with Gasteiger partial charge in [-0.25, -0.2) is 21.6 Å². The Bertz CT molecular complexity index is 1520. The molecule has 0 radical (unpaired) electrons. The lowest BCUT2D eigenvalue weighted by atomic mass is 10.1. The van der Waals surface area contributed by atoms with Crippen molar-refractivity contribution in [1.82, 2.24) is 14.1 Å². The molecule has 2 heterocycles. The molecule has 2 aromatic carbocycles. The van der Waals surface area contributed by atoms with Gasteiger partial charge in [0, 0.05) is 32.2 Å². The zero-order valence-electron chi connectivity index (χ0n) is 20.9. The maximum absolute atomic E-state index is 14.3. The van der Waals surface area contributed by atoms with E-state index in [1.165, 1.54) is 16.6 Å². The van der Waals surface area contributed by atoms with Crippen molar-refractivity contribution in [3.05, 3.63) is 81.5 Å². The minimum Gasteiger partial charge on any atom is -0.478 e. The first kappa shape index (κ1) is 26.2. The predicted octanol–water partition coefficient (Wildman–Crippen LogP) is 3.58. The number of piperazine rings is 1. The number of sulfonamides is 1. The van der Waals surface area contributed by atoms with E-state index in [2.05, 4.69) is 5.10 Å². The quantitative estimate of drug-likeness (QED) is 0.468. The third kappa shape index (κ3) is 4.78. The standard InChI is InChI=1S/C26H27F3N4O4S/c1-16(2)38(35,36)32-10-8-31(9-11-32)23-15-30-33(19-13-17(27)12-18(28)14-19)26(34)25(23)37-24-7-6-20-21(24)4-3-5-22(20)29/h3-5,12-16,24H,6-11H2,1-2H3. The Kier molecular flexibility index (Phi) is 6.95. The maximum atomic E-state index is 14.3. The Morgan fingerprint density at radius 2 is 1.71 bits per heavy atom. The first-order valence-corrected chi connectivity index (χ1v) is 13.8. The average Bonchev–Trinajstić information content (AvgIpc) is 3.28. The van der Waals surface area contributed by atoms with Gasteiger partial charge in [-0.05, 0) is 56.0 Å². The van der Waals surface area contributed by atoms with Gasteiger partial charge in [-0.1, -0.05) is 12.1 Å².